The van der Waals surface area contributed by atoms with Crippen LogP contribution in [0.5, 0.6) is 0 Å². The first-order valence-corrected chi connectivity index (χ1v) is 7.13. The quantitative estimate of drug-likeness (QED) is 0.589. The van der Waals surface area contributed by atoms with Crippen molar-refractivity contribution in [1.82, 2.24) is 28.9 Å². The number of carbonyl (C=O) groups is 1. The topological polar surface area (TPSA) is 107 Å². The molecule has 120 valence electrons. The maximum absolute atomic E-state index is 12.8. The highest BCUT2D eigenvalue weighted by atomic mass is 16.4. The van der Waals surface area contributed by atoms with Crippen LogP contribution in [-0.4, -0.2) is 40.0 Å². The number of aliphatic carboxylic acids is 1. The zero-order chi connectivity index (χ0) is 16.8. The molecule has 4 aromatic rings. The molecule has 0 aliphatic rings. The van der Waals surface area contributed by atoms with E-state index in [0.717, 1.165) is 15.5 Å². The fourth-order valence-electron chi connectivity index (χ4n) is 2.82. The molecular formula is C15H12N6O3. The van der Waals surface area contributed by atoms with Crippen LogP contribution in [0.15, 0.2) is 41.6 Å². The van der Waals surface area contributed by atoms with Crippen molar-refractivity contribution in [2.24, 2.45) is 7.05 Å². The second-order valence-corrected chi connectivity index (χ2v) is 5.38. The van der Waals surface area contributed by atoms with Gasteiger partial charge in [0.2, 0.25) is 0 Å². The maximum Gasteiger partial charge on any atom is 0.323 e. The molecule has 0 saturated heterocycles. The molecule has 1 N–H and O–H groups in total. The normalized spacial score (nSPS) is 11.4. The van der Waals surface area contributed by atoms with Crippen LogP contribution in [0.1, 0.15) is 0 Å². The SMILES string of the molecule is Cn1cc(-c2nn3cnnc3n(CC(=O)O)c2=O)c2ccccc21. The van der Waals surface area contributed by atoms with Crippen molar-refractivity contribution in [1.29, 1.82) is 0 Å². The lowest BCUT2D eigenvalue weighted by Crippen LogP contribution is -2.29. The van der Waals surface area contributed by atoms with Crippen LogP contribution in [0.3, 0.4) is 0 Å². The monoisotopic (exact) mass is 324 g/mol. The fraction of sp³-hybridized carbons (Fsp3) is 0.133. The average molecular weight is 324 g/mol. The van der Waals surface area contributed by atoms with Crippen molar-refractivity contribution in [2.45, 2.75) is 6.54 Å². The van der Waals surface area contributed by atoms with Gasteiger partial charge in [-0.2, -0.15) is 9.61 Å². The lowest BCUT2D eigenvalue weighted by Gasteiger charge is -2.06. The molecule has 3 aromatic heterocycles. The molecule has 9 heteroatoms. The van der Waals surface area contributed by atoms with E-state index in [1.54, 1.807) is 6.20 Å². The Hall–Kier alpha value is -3.49. The number of aromatic nitrogens is 6. The molecule has 0 saturated carbocycles. The molecule has 0 amide bonds. The first-order chi connectivity index (χ1) is 11.6. The van der Waals surface area contributed by atoms with E-state index in [4.69, 9.17) is 5.11 Å². The van der Waals surface area contributed by atoms with E-state index in [0.29, 0.717) is 5.56 Å². The Kier molecular flexibility index (Phi) is 2.95. The Morgan fingerprint density at radius 1 is 1.29 bits per heavy atom. The third-order valence-electron chi connectivity index (χ3n) is 3.86. The van der Waals surface area contributed by atoms with Crippen molar-refractivity contribution in [3.63, 3.8) is 0 Å². The van der Waals surface area contributed by atoms with Crippen molar-refractivity contribution >= 4 is 22.6 Å². The van der Waals surface area contributed by atoms with Gasteiger partial charge < -0.3 is 9.67 Å². The number of hydrogen-bond donors (Lipinski definition) is 1. The standard InChI is InChI=1S/C15H12N6O3/c1-19-6-10(9-4-2-3-5-11(9)19)13-14(24)20(7-12(22)23)15-17-16-8-21(15)18-13/h2-6,8H,7H2,1H3,(H,22,23). The highest BCUT2D eigenvalue weighted by Crippen LogP contribution is 2.26. The van der Waals surface area contributed by atoms with E-state index in [2.05, 4.69) is 15.3 Å². The average Bonchev–Trinajstić information content (AvgIpc) is 3.15. The number of hydrogen-bond acceptors (Lipinski definition) is 5. The lowest BCUT2D eigenvalue weighted by molar-refractivity contribution is -0.137. The summed E-state index contributed by atoms with van der Waals surface area (Å²) in [6.45, 7) is -0.513. The first kappa shape index (κ1) is 14.1. The molecule has 0 spiro atoms. The highest BCUT2D eigenvalue weighted by Gasteiger charge is 2.19. The summed E-state index contributed by atoms with van der Waals surface area (Å²) >= 11 is 0. The number of rotatable bonds is 3. The Bertz CT molecular complexity index is 1150. The number of nitrogens with zero attached hydrogens (tertiary/aromatic N) is 6. The molecule has 3 heterocycles. The molecule has 0 aliphatic carbocycles. The van der Waals surface area contributed by atoms with E-state index in [9.17, 15) is 9.59 Å². The Morgan fingerprint density at radius 2 is 2.08 bits per heavy atom. The van der Waals surface area contributed by atoms with Crippen LogP contribution in [0, 0.1) is 0 Å². The molecule has 0 atom stereocenters. The van der Waals surface area contributed by atoms with Crippen molar-refractivity contribution in [3.8, 4) is 11.3 Å². The van der Waals surface area contributed by atoms with Gasteiger partial charge in [0, 0.05) is 29.7 Å². The number of fused-ring (bicyclic) bond motifs is 2. The first-order valence-electron chi connectivity index (χ1n) is 7.13. The molecule has 0 bridgehead atoms. The smallest absolute Gasteiger partial charge is 0.323 e. The lowest BCUT2D eigenvalue weighted by atomic mass is 10.1. The Morgan fingerprint density at radius 3 is 2.88 bits per heavy atom. The van der Waals surface area contributed by atoms with Gasteiger partial charge in [-0.3, -0.25) is 14.2 Å². The molecule has 0 unspecified atom stereocenters. The molecule has 24 heavy (non-hydrogen) atoms. The van der Waals surface area contributed by atoms with Gasteiger partial charge in [0.15, 0.2) is 5.69 Å². The summed E-state index contributed by atoms with van der Waals surface area (Å²) in [5, 5.41) is 21.7. The molecule has 0 fully saturated rings. The minimum absolute atomic E-state index is 0.0892. The van der Waals surface area contributed by atoms with Crippen LogP contribution in [0.2, 0.25) is 0 Å². The van der Waals surface area contributed by atoms with Gasteiger partial charge in [-0.1, -0.05) is 18.2 Å². The molecular weight excluding hydrogens is 312 g/mol. The fourth-order valence-corrected chi connectivity index (χ4v) is 2.82. The van der Waals surface area contributed by atoms with E-state index in [-0.39, 0.29) is 11.5 Å². The number of para-hydroxylation sites is 1. The van der Waals surface area contributed by atoms with Crippen molar-refractivity contribution in [2.75, 3.05) is 0 Å². The Labute approximate surface area is 134 Å². The molecule has 1 aromatic carbocycles. The molecule has 0 aliphatic heterocycles. The van der Waals surface area contributed by atoms with Gasteiger partial charge in [0.05, 0.1) is 0 Å². The summed E-state index contributed by atoms with van der Waals surface area (Å²) in [7, 11) is 1.87. The van der Waals surface area contributed by atoms with Gasteiger partial charge >= 0.3 is 5.97 Å². The summed E-state index contributed by atoms with van der Waals surface area (Å²) in [5.74, 6) is -1.05. The van der Waals surface area contributed by atoms with Crippen molar-refractivity contribution in [3.05, 3.63) is 47.1 Å². The van der Waals surface area contributed by atoms with Crippen LogP contribution in [-0.2, 0) is 18.4 Å². The van der Waals surface area contributed by atoms with E-state index in [1.165, 1.54) is 10.8 Å². The summed E-state index contributed by atoms with van der Waals surface area (Å²) in [6, 6.07) is 7.61. The third-order valence-corrected chi connectivity index (χ3v) is 3.86. The minimum atomic E-state index is -1.14. The predicted octanol–water partition coefficient (Wildman–Crippen LogP) is 0.529. The highest BCUT2D eigenvalue weighted by molar-refractivity contribution is 5.94. The molecule has 0 radical (unpaired) electrons. The zero-order valence-corrected chi connectivity index (χ0v) is 12.6. The third kappa shape index (κ3) is 1.98. The predicted molar refractivity (Wildman–Crippen MR) is 84.6 cm³/mol. The summed E-state index contributed by atoms with van der Waals surface area (Å²) in [5.41, 5.74) is 1.21. The zero-order valence-electron chi connectivity index (χ0n) is 12.6. The van der Waals surface area contributed by atoms with Crippen LogP contribution in [0.4, 0.5) is 0 Å². The van der Waals surface area contributed by atoms with Crippen LogP contribution >= 0.6 is 0 Å². The summed E-state index contributed by atoms with van der Waals surface area (Å²) < 4.78 is 4.25. The van der Waals surface area contributed by atoms with Gasteiger partial charge in [0.1, 0.15) is 12.9 Å². The Balaban J connectivity index is 2.08. The number of carboxylic acid groups (broad SMARTS) is 1. The molecule has 9 nitrogen and oxygen atoms in total. The summed E-state index contributed by atoms with van der Waals surface area (Å²) in [4.78, 5) is 23.9. The van der Waals surface area contributed by atoms with E-state index >= 15 is 0 Å². The number of benzene rings is 1. The van der Waals surface area contributed by atoms with E-state index in [1.807, 2.05) is 35.9 Å². The number of carboxylic acids is 1. The second kappa shape index (κ2) is 5.01. The van der Waals surface area contributed by atoms with Crippen LogP contribution in [0.25, 0.3) is 27.9 Å². The van der Waals surface area contributed by atoms with Gasteiger partial charge in [0.25, 0.3) is 11.3 Å². The van der Waals surface area contributed by atoms with Gasteiger partial charge in [-0.25, -0.2) is 0 Å². The molecule has 4 rings (SSSR count). The van der Waals surface area contributed by atoms with Crippen LogP contribution < -0.4 is 5.56 Å². The summed E-state index contributed by atoms with van der Waals surface area (Å²) in [6.07, 6.45) is 3.14. The van der Waals surface area contributed by atoms with E-state index < -0.39 is 18.1 Å². The van der Waals surface area contributed by atoms with Crippen molar-refractivity contribution < 1.29 is 9.90 Å². The largest absolute Gasteiger partial charge is 0.480 e. The second-order valence-electron chi connectivity index (χ2n) is 5.38. The number of aryl methyl sites for hydroxylation is 1. The minimum Gasteiger partial charge on any atom is -0.480 e. The maximum atomic E-state index is 12.8. The van der Waals surface area contributed by atoms with Gasteiger partial charge in [-0.05, 0) is 6.07 Å². The van der Waals surface area contributed by atoms with Gasteiger partial charge in [-0.15, -0.1) is 10.2 Å².